The summed E-state index contributed by atoms with van der Waals surface area (Å²) in [5, 5.41) is 2.12. The standard InChI is InChI=1S/C15H25N3OS/c1-12(2)14(16)15(19)18-7-4-6-17(8-9-18)11-13-5-3-10-20-13/h3,5,10,12,14H,4,6-9,11,16H2,1-2H3/t14-/m0/s1. The number of nitrogens with zero attached hydrogens (tertiary/aromatic N) is 2. The van der Waals surface area contributed by atoms with E-state index in [0.29, 0.717) is 0 Å². The Labute approximate surface area is 125 Å². The maximum atomic E-state index is 12.3. The molecular weight excluding hydrogens is 270 g/mol. The predicted molar refractivity (Wildman–Crippen MR) is 83.6 cm³/mol. The van der Waals surface area contributed by atoms with Gasteiger partial charge in [-0.25, -0.2) is 0 Å². The van der Waals surface area contributed by atoms with Gasteiger partial charge in [0.2, 0.25) is 5.91 Å². The van der Waals surface area contributed by atoms with Crippen LogP contribution in [-0.4, -0.2) is 47.9 Å². The van der Waals surface area contributed by atoms with E-state index in [1.165, 1.54) is 4.88 Å². The minimum atomic E-state index is -0.362. The van der Waals surface area contributed by atoms with E-state index in [4.69, 9.17) is 5.73 Å². The molecule has 0 aliphatic carbocycles. The summed E-state index contributed by atoms with van der Waals surface area (Å²) >= 11 is 1.80. The molecule has 2 N–H and O–H groups in total. The zero-order valence-corrected chi connectivity index (χ0v) is 13.2. The Kier molecular flexibility index (Phi) is 5.57. The average Bonchev–Trinajstić information content (AvgIpc) is 2.82. The third-order valence-corrected chi connectivity index (χ3v) is 4.72. The van der Waals surface area contributed by atoms with Crippen molar-refractivity contribution in [2.45, 2.75) is 32.9 Å². The van der Waals surface area contributed by atoms with Crippen LogP contribution in [-0.2, 0) is 11.3 Å². The van der Waals surface area contributed by atoms with Crippen LogP contribution in [0.2, 0.25) is 0 Å². The molecule has 0 spiro atoms. The van der Waals surface area contributed by atoms with Gasteiger partial charge in [0, 0.05) is 37.6 Å². The van der Waals surface area contributed by atoms with Gasteiger partial charge in [-0.15, -0.1) is 11.3 Å². The minimum absolute atomic E-state index is 0.109. The highest BCUT2D eigenvalue weighted by molar-refractivity contribution is 7.09. The summed E-state index contributed by atoms with van der Waals surface area (Å²) < 4.78 is 0. The minimum Gasteiger partial charge on any atom is -0.340 e. The molecule has 1 aromatic heterocycles. The van der Waals surface area contributed by atoms with Crippen LogP contribution in [0.15, 0.2) is 17.5 Å². The number of amides is 1. The van der Waals surface area contributed by atoms with Gasteiger partial charge in [0.15, 0.2) is 0 Å². The van der Waals surface area contributed by atoms with Gasteiger partial charge in [-0.2, -0.15) is 0 Å². The zero-order valence-electron chi connectivity index (χ0n) is 12.4. The Hall–Kier alpha value is -0.910. The SMILES string of the molecule is CC(C)[C@H](N)C(=O)N1CCCN(Cc2cccs2)CC1. The van der Waals surface area contributed by atoms with Crippen molar-refractivity contribution in [3.8, 4) is 0 Å². The van der Waals surface area contributed by atoms with Crippen molar-refractivity contribution in [1.29, 1.82) is 0 Å². The quantitative estimate of drug-likeness (QED) is 0.921. The molecule has 112 valence electrons. The van der Waals surface area contributed by atoms with E-state index in [2.05, 4.69) is 22.4 Å². The molecule has 1 atom stereocenters. The van der Waals surface area contributed by atoms with Gasteiger partial charge in [-0.3, -0.25) is 9.69 Å². The molecule has 1 fully saturated rings. The molecule has 0 aromatic carbocycles. The summed E-state index contributed by atoms with van der Waals surface area (Å²) in [5.74, 6) is 0.311. The average molecular weight is 295 g/mol. The van der Waals surface area contributed by atoms with Crippen molar-refractivity contribution in [2.75, 3.05) is 26.2 Å². The van der Waals surface area contributed by atoms with Gasteiger partial charge in [0.1, 0.15) is 0 Å². The Morgan fingerprint density at radius 1 is 1.35 bits per heavy atom. The van der Waals surface area contributed by atoms with Crippen LogP contribution in [0.5, 0.6) is 0 Å². The number of carbonyl (C=O) groups is 1. The van der Waals surface area contributed by atoms with Crippen LogP contribution in [0.1, 0.15) is 25.1 Å². The zero-order chi connectivity index (χ0) is 14.5. The van der Waals surface area contributed by atoms with Crippen molar-refractivity contribution < 1.29 is 4.79 Å². The highest BCUT2D eigenvalue weighted by atomic mass is 32.1. The van der Waals surface area contributed by atoms with Crippen molar-refractivity contribution in [3.05, 3.63) is 22.4 Å². The maximum Gasteiger partial charge on any atom is 0.239 e. The Morgan fingerprint density at radius 2 is 2.15 bits per heavy atom. The van der Waals surface area contributed by atoms with Gasteiger partial charge in [0.05, 0.1) is 6.04 Å². The molecule has 1 aliphatic rings. The predicted octanol–water partition coefficient (Wildman–Crippen LogP) is 1.77. The largest absolute Gasteiger partial charge is 0.340 e. The van der Waals surface area contributed by atoms with E-state index >= 15 is 0 Å². The monoisotopic (exact) mass is 295 g/mol. The Bertz CT molecular complexity index is 419. The first-order valence-corrected chi connectivity index (χ1v) is 8.25. The number of carbonyl (C=O) groups excluding carboxylic acids is 1. The molecule has 2 rings (SSSR count). The van der Waals surface area contributed by atoms with Gasteiger partial charge in [-0.1, -0.05) is 19.9 Å². The third-order valence-electron chi connectivity index (χ3n) is 3.86. The van der Waals surface area contributed by atoms with Crippen LogP contribution in [0.4, 0.5) is 0 Å². The normalized spacial score (nSPS) is 19.1. The Balaban J connectivity index is 1.87. The molecule has 0 bridgehead atoms. The first-order chi connectivity index (χ1) is 9.58. The van der Waals surface area contributed by atoms with E-state index in [-0.39, 0.29) is 17.9 Å². The van der Waals surface area contributed by atoms with Crippen molar-refractivity contribution in [1.82, 2.24) is 9.80 Å². The van der Waals surface area contributed by atoms with E-state index in [0.717, 1.165) is 39.1 Å². The summed E-state index contributed by atoms with van der Waals surface area (Å²) in [6.07, 6.45) is 1.03. The van der Waals surface area contributed by atoms with Crippen LogP contribution in [0.3, 0.4) is 0 Å². The smallest absolute Gasteiger partial charge is 0.239 e. The molecule has 20 heavy (non-hydrogen) atoms. The second-order valence-corrected chi connectivity index (χ2v) is 6.84. The molecular formula is C15H25N3OS. The molecule has 1 saturated heterocycles. The molecule has 4 nitrogen and oxygen atoms in total. The lowest BCUT2D eigenvalue weighted by Gasteiger charge is -2.26. The van der Waals surface area contributed by atoms with E-state index in [1.54, 1.807) is 11.3 Å². The van der Waals surface area contributed by atoms with Crippen molar-refractivity contribution in [2.24, 2.45) is 11.7 Å². The molecule has 1 aliphatic heterocycles. The Morgan fingerprint density at radius 3 is 2.80 bits per heavy atom. The molecule has 5 heteroatoms. The van der Waals surface area contributed by atoms with E-state index in [1.807, 2.05) is 18.7 Å². The van der Waals surface area contributed by atoms with Gasteiger partial charge in [0.25, 0.3) is 0 Å². The number of nitrogens with two attached hydrogens (primary N) is 1. The van der Waals surface area contributed by atoms with Gasteiger partial charge in [-0.05, 0) is 23.8 Å². The molecule has 0 unspecified atom stereocenters. The first kappa shape index (κ1) is 15.5. The lowest BCUT2D eigenvalue weighted by molar-refractivity contribution is -0.133. The summed E-state index contributed by atoms with van der Waals surface area (Å²) in [7, 11) is 0. The first-order valence-electron chi connectivity index (χ1n) is 7.37. The molecule has 1 amide bonds. The highest BCUT2D eigenvalue weighted by Gasteiger charge is 2.25. The second-order valence-electron chi connectivity index (χ2n) is 5.80. The highest BCUT2D eigenvalue weighted by Crippen LogP contribution is 2.14. The van der Waals surface area contributed by atoms with Crippen LogP contribution >= 0.6 is 11.3 Å². The van der Waals surface area contributed by atoms with Gasteiger partial charge < -0.3 is 10.6 Å². The van der Waals surface area contributed by atoms with Crippen molar-refractivity contribution >= 4 is 17.2 Å². The van der Waals surface area contributed by atoms with Gasteiger partial charge >= 0.3 is 0 Å². The van der Waals surface area contributed by atoms with Crippen LogP contribution in [0.25, 0.3) is 0 Å². The number of thiophene rings is 1. The second kappa shape index (κ2) is 7.20. The van der Waals surface area contributed by atoms with Crippen LogP contribution < -0.4 is 5.73 Å². The summed E-state index contributed by atoms with van der Waals surface area (Å²) in [5.41, 5.74) is 5.98. The van der Waals surface area contributed by atoms with E-state index in [9.17, 15) is 4.79 Å². The third kappa shape index (κ3) is 4.04. The fourth-order valence-electron chi connectivity index (χ4n) is 2.47. The van der Waals surface area contributed by atoms with Crippen molar-refractivity contribution in [3.63, 3.8) is 0 Å². The summed E-state index contributed by atoms with van der Waals surface area (Å²) in [4.78, 5) is 18.1. The number of hydrogen-bond acceptors (Lipinski definition) is 4. The number of hydrogen-bond donors (Lipinski definition) is 1. The fraction of sp³-hybridized carbons (Fsp3) is 0.667. The fourth-order valence-corrected chi connectivity index (χ4v) is 3.21. The lowest BCUT2D eigenvalue weighted by Crippen LogP contribution is -2.47. The summed E-state index contributed by atoms with van der Waals surface area (Å²) in [6, 6.07) is 3.90. The van der Waals surface area contributed by atoms with Crippen LogP contribution in [0, 0.1) is 5.92 Å². The topological polar surface area (TPSA) is 49.6 Å². The summed E-state index contributed by atoms with van der Waals surface area (Å²) in [6.45, 7) is 8.63. The molecule has 0 saturated carbocycles. The molecule has 0 radical (unpaired) electrons. The van der Waals surface area contributed by atoms with E-state index < -0.39 is 0 Å². The molecule has 1 aromatic rings. The maximum absolute atomic E-state index is 12.3. The number of rotatable bonds is 4. The lowest BCUT2D eigenvalue weighted by atomic mass is 10.0. The molecule has 2 heterocycles.